The van der Waals surface area contributed by atoms with Gasteiger partial charge in [-0.2, -0.15) is 15.0 Å². The van der Waals surface area contributed by atoms with Crippen LogP contribution in [-0.2, 0) is 0 Å². The zero-order valence-electron chi connectivity index (χ0n) is 27.2. The van der Waals surface area contributed by atoms with Crippen molar-refractivity contribution >= 4 is 65.6 Å². The second-order valence-electron chi connectivity index (χ2n) is 12.9. The highest BCUT2D eigenvalue weighted by Gasteiger charge is 2.20. The molecule has 11 rings (SSSR count). The summed E-state index contributed by atoms with van der Waals surface area (Å²) in [6, 6.07) is 56.8. The minimum absolute atomic E-state index is 0.564. The third-order valence-corrected chi connectivity index (χ3v) is 10.0. The molecule has 4 heterocycles. The third kappa shape index (κ3) is 4.20. The van der Waals surface area contributed by atoms with Gasteiger partial charge in [-0.05, 0) is 53.6 Å². The highest BCUT2D eigenvalue weighted by molar-refractivity contribution is 6.10. The van der Waals surface area contributed by atoms with Crippen molar-refractivity contribution in [2.45, 2.75) is 0 Å². The maximum absolute atomic E-state index is 6.20. The molecule has 0 aliphatic carbocycles. The summed E-state index contributed by atoms with van der Waals surface area (Å²) in [5, 5.41) is 6.85. The van der Waals surface area contributed by atoms with Crippen LogP contribution in [0.1, 0.15) is 0 Å². The fraction of sp³-hybridized carbons (Fsp3) is 0. The van der Waals surface area contributed by atoms with Crippen LogP contribution in [0.2, 0.25) is 0 Å². The third-order valence-electron chi connectivity index (χ3n) is 10.0. The van der Waals surface area contributed by atoms with Gasteiger partial charge in [-0.25, -0.2) is 0 Å². The van der Waals surface area contributed by atoms with Crippen molar-refractivity contribution < 1.29 is 4.42 Å². The summed E-state index contributed by atoms with van der Waals surface area (Å²) in [5.41, 5.74) is 9.01. The number of hydrogen-bond acceptors (Lipinski definition) is 4. The van der Waals surface area contributed by atoms with E-state index in [4.69, 9.17) is 19.4 Å². The molecule has 238 valence electrons. The predicted molar refractivity (Wildman–Crippen MR) is 207 cm³/mol. The van der Waals surface area contributed by atoms with E-state index in [0.717, 1.165) is 82.2 Å². The van der Waals surface area contributed by atoms with Gasteiger partial charge in [0, 0.05) is 37.9 Å². The van der Waals surface area contributed by atoms with E-state index in [2.05, 4.69) is 155 Å². The van der Waals surface area contributed by atoms with Crippen LogP contribution in [0.3, 0.4) is 0 Å². The molecule has 6 heteroatoms. The topological polar surface area (TPSA) is 61.7 Å². The Morgan fingerprint density at radius 3 is 1.27 bits per heavy atom. The van der Waals surface area contributed by atoms with Crippen LogP contribution >= 0.6 is 0 Å². The van der Waals surface area contributed by atoms with Crippen LogP contribution in [0.5, 0.6) is 0 Å². The molecule has 0 aliphatic heterocycles. The summed E-state index contributed by atoms with van der Waals surface area (Å²) in [7, 11) is 0. The van der Waals surface area contributed by atoms with E-state index in [0.29, 0.717) is 17.7 Å². The molecule has 0 amide bonds. The van der Waals surface area contributed by atoms with E-state index >= 15 is 0 Å². The van der Waals surface area contributed by atoms with Gasteiger partial charge in [-0.3, -0.25) is 9.13 Å². The highest BCUT2D eigenvalue weighted by Crippen LogP contribution is 2.36. The van der Waals surface area contributed by atoms with Gasteiger partial charge in [0.05, 0.1) is 22.1 Å². The molecular weight excluding hydrogens is 627 g/mol. The average molecular weight is 654 g/mol. The summed E-state index contributed by atoms with van der Waals surface area (Å²) in [6.45, 7) is 0. The maximum Gasteiger partial charge on any atom is 0.240 e. The molecule has 0 bridgehead atoms. The van der Waals surface area contributed by atoms with E-state index in [1.165, 1.54) is 0 Å². The minimum Gasteiger partial charge on any atom is -0.456 e. The van der Waals surface area contributed by atoms with E-state index in [1.54, 1.807) is 0 Å². The summed E-state index contributed by atoms with van der Waals surface area (Å²) < 4.78 is 10.5. The number of benzene rings is 7. The molecule has 11 aromatic rings. The van der Waals surface area contributed by atoms with Crippen LogP contribution in [0.15, 0.2) is 168 Å². The molecule has 0 spiro atoms. The number of furan rings is 1. The van der Waals surface area contributed by atoms with Gasteiger partial charge >= 0.3 is 0 Å². The SMILES string of the molecule is c1ccc2c(c1)oc1cc(-c3ccc(-c4nc(-n5c6ccccc6c6ccccc65)nc(-n5c6ccccc6c6ccccc65)n4)cc3)ccc12. The van der Waals surface area contributed by atoms with Crippen molar-refractivity contribution in [3.8, 4) is 34.4 Å². The van der Waals surface area contributed by atoms with Gasteiger partial charge in [0.1, 0.15) is 11.2 Å². The second kappa shape index (κ2) is 10.7. The van der Waals surface area contributed by atoms with Crippen LogP contribution < -0.4 is 0 Å². The van der Waals surface area contributed by atoms with Crippen LogP contribution in [0.4, 0.5) is 0 Å². The number of fused-ring (bicyclic) bond motifs is 9. The Kier molecular flexibility index (Phi) is 5.86. The van der Waals surface area contributed by atoms with E-state index in [-0.39, 0.29) is 0 Å². The van der Waals surface area contributed by atoms with E-state index < -0.39 is 0 Å². The fourth-order valence-corrected chi connectivity index (χ4v) is 7.68. The van der Waals surface area contributed by atoms with Crippen molar-refractivity contribution in [2.24, 2.45) is 0 Å². The average Bonchev–Trinajstić information content (AvgIpc) is 3.85. The zero-order chi connectivity index (χ0) is 33.5. The first-order valence-electron chi connectivity index (χ1n) is 17.0. The Morgan fingerprint density at radius 2 is 0.745 bits per heavy atom. The van der Waals surface area contributed by atoms with Crippen molar-refractivity contribution in [1.82, 2.24) is 24.1 Å². The molecular formula is C45H27N5O. The molecule has 0 fully saturated rings. The zero-order valence-corrected chi connectivity index (χ0v) is 27.2. The molecule has 7 aromatic carbocycles. The number of aromatic nitrogens is 5. The largest absolute Gasteiger partial charge is 0.456 e. The van der Waals surface area contributed by atoms with Crippen LogP contribution in [-0.4, -0.2) is 24.1 Å². The lowest BCUT2D eigenvalue weighted by atomic mass is 10.0. The first-order valence-corrected chi connectivity index (χ1v) is 17.0. The Morgan fingerprint density at radius 1 is 0.333 bits per heavy atom. The lowest BCUT2D eigenvalue weighted by Crippen LogP contribution is -2.10. The lowest BCUT2D eigenvalue weighted by Gasteiger charge is -2.13. The molecule has 0 atom stereocenters. The highest BCUT2D eigenvalue weighted by atomic mass is 16.3. The monoisotopic (exact) mass is 653 g/mol. The lowest BCUT2D eigenvalue weighted by molar-refractivity contribution is 0.669. The maximum atomic E-state index is 6.20. The normalized spacial score (nSPS) is 11.9. The first kappa shape index (κ1) is 27.9. The molecule has 4 aromatic heterocycles. The smallest absolute Gasteiger partial charge is 0.240 e. The van der Waals surface area contributed by atoms with Crippen LogP contribution in [0, 0.1) is 0 Å². The number of hydrogen-bond donors (Lipinski definition) is 0. The Balaban J connectivity index is 1.12. The van der Waals surface area contributed by atoms with Gasteiger partial charge in [-0.15, -0.1) is 0 Å². The van der Waals surface area contributed by atoms with E-state index in [9.17, 15) is 0 Å². The number of rotatable bonds is 4. The summed E-state index contributed by atoms with van der Waals surface area (Å²) >= 11 is 0. The van der Waals surface area contributed by atoms with Gasteiger partial charge in [0.15, 0.2) is 5.82 Å². The Hall–Kier alpha value is -7.05. The minimum atomic E-state index is 0.564. The predicted octanol–water partition coefficient (Wildman–Crippen LogP) is 11.3. The van der Waals surface area contributed by atoms with Gasteiger partial charge in [0.25, 0.3) is 0 Å². The van der Waals surface area contributed by atoms with Gasteiger partial charge < -0.3 is 4.42 Å². The van der Waals surface area contributed by atoms with Crippen molar-refractivity contribution in [2.75, 3.05) is 0 Å². The fourth-order valence-electron chi connectivity index (χ4n) is 7.68. The van der Waals surface area contributed by atoms with Crippen molar-refractivity contribution in [1.29, 1.82) is 0 Å². The Bertz CT molecular complexity index is 2910. The summed E-state index contributed by atoms with van der Waals surface area (Å²) in [4.78, 5) is 15.6. The molecule has 0 saturated heterocycles. The standard InChI is InChI=1S/C45H27N5O/c1-6-16-37-31(11-1)32-12-2-7-17-38(32)49(37)44-46-43(47-45(48-44)50-39-18-8-3-13-33(39)34-14-4-9-19-40(34)50)29-23-21-28(22-24-29)30-25-26-36-35-15-5-10-20-41(35)51-42(36)27-30/h1-27H. The quantitative estimate of drug-likeness (QED) is 0.190. The molecule has 0 saturated carbocycles. The van der Waals surface area contributed by atoms with Crippen LogP contribution in [0.25, 0.3) is 100.0 Å². The molecule has 0 N–H and O–H groups in total. The van der Waals surface area contributed by atoms with Gasteiger partial charge in [-0.1, -0.05) is 121 Å². The molecule has 0 unspecified atom stereocenters. The molecule has 6 nitrogen and oxygen atoms in total. The van der Waals surface area contributed by atoms with Crippen molar-refractivity contribution in [3.05, 3.63) is 164 Å². The Labute approximate surface area is 291 Å². The molecule has 51 heavy (non-hydrogen) atoms. The number of nitrogens with zero attached hydrogens (tertiary/aromatic N) is 5. The van der Waals surface area contributed by atoms with Crippen molar-refractivity contribution in [3.63, 3.8) is 0 Å². The van der Waals surface area contributed by atoms with E-state index in [1.807, 2.05) is 18.2 Å². The molecule has 0 aliphatic rings. The van der Waals surface area contributed by atoms with Gasteiger partial charge in [0.2, 0.25) is 11.9 Å². The summed E-state index contributed by atoms with van der Waals surface area (Å²) in [5.74, 6) is 1.72. The first-order chi connectivity index (χ1) is 25.3. The second-order valence-corrected chi connectivity index (χ2v) is 12.9. The molecule has 0 radical (unpaired) electrons. The summed E-state index contributed by atoms with van der Waals surface area (Å²) in [6.07, 6.45) is 0. The number of para-hydroxylation sites is 5.